The molecule has 1 fully saturated rings. The van der Waals surface area contributed by atoms with E-state index >= 15 is 0 Å². The van der Waals surface area contributed by atoms with Gasteiger partial charge >= 0.3 is 0 Å². The highest BCUT2D eigenvalue weighted by Crippen LogP contribution is 2.33. The summed E-state index contributed by atoms with van der Waals surface area (Å²) in [5.74, 6) is -0.253. The second-order valence-electron chi connectivity index (χ2n) is 5.70. The number of nitrogens with zero attached hydrogens (tertiary/aromatic N) is 2. The Kier molecular flexibility index (Phi) is 4.19. The summed E-state index contributed by atoms with van der Waals surface area (Å²) in [7, 11) is 0. The lowest BCUT2D eigenvalue weighted by molar-refractivity contribution is 0.172. The molecule has 0 radical (unpaired) electrons. The van der Waals surface area contributed by atoms with Crippen molar-refractivity contribution in [3.63, 3.8) is 0 Å². The summed E-state index contributed by atoms with van der Waals surface area (Å²) in [6, 6.07) is 16.1. The van der Waals surface area contributed by atoms with Crippen molar-refractivity contribution in [2.24, 2.45) is 0 Å². The SMILES string of the molecule is N#Cc1ccc(CN2C[C@H](O)C[C@@H]2c2cccc(F)c2)cc1. The minimum atomic E-state index is -0.397. The van der Waals surface area contributed by atoms with Crippen molar-refractivity contribution >= 4 is 0 Å². The molecule has 0 saturated carbocycles. The van der Waals surface area contributed by atoms with Crippen molar-refractivity contribution in [1.82, 2.24) is 4.90 Å². The maximum atomic E-state index is 13.4. The predicted molar refractivity (Wildman–Crippen MR) is 81.3 cm³/mol. The maximum Gasteiger partial charge on any atom is 0.123 e. The van der Waals surface area contributed by atoms with E-state index < -0.39 is 6.10 Å². The average Bonchev–Trinajstić information content (AvgIpc) is 2.89. The van der Waals surface area contributed by atoms with Gasteiger partial charge in [-0.25, -0.2) is 4.39 Å². The predicted octanol–water partition coefficient (Wildman–Crippen LogP) is 3.01. The number of hydrogen-bond donors (Lipinski definition) is 1. The summed E-state index contributed by atoms with van der Waals surface area (Å²) in [6.07, 6.45) is 0.214. The van der Waals surface area contributed by atoms with E-state index in [9.17, 15) is 9.50 Å². The zero-order chi connectivity index (χ0) is 15.5. The molecule has 1 saturated heterocycles. The Morgan fingerprint density at radius 1 is 1.23 bits per heavy atom. The van der Waals surface area contributed by atoms with Crippen LogP contribution in [0.4, 0.5) is 4.39 Å². The largest absolute Gasteiger partial charge is 0.392 e. The molecule has 1 aliphatic rings. The van der Waals surface area contributed by atoms with Gasteiger partial charge in [-0.05, 0) is 41.8 Å². The van der Waals surface area contributed by atoms with Crippen molar-refractivity contribution in [3.05, 3.63) is 71.0 Å². The van der Waals surface area contributed by atoms with Crippen LogP contribution in [0.3, 0.4) is 0 Å². The minimum Gasteiger partial charge on any atom is -0.392 e. The Bertz CT molecular complexity index is 693. The van der Waals surface area contributed by atoms with Gasteiger partial charge < -0.3 is 5.11 Å². The molecule has 0 aromatic heterocycles. The molecule has 2 atom stereocenters. The Labute approximate surface area is 129 Å². The highest BCUT2D eigenvalue weighted by molar-refractivity contribution is 5.32. The second kappa shape index (κ2) is 6.27. The fourth-order valence-corrected chi connectivity index (χ4v) is 3.03. The average molecular weight is 296 g/mol. The maximum absolute atomic E-state index is 13.4. The van der Waals surface area contributed by atoms with Crippen LogP contribution in [0, 0.1) is 17.1 Å². The van der Waals surface area contributed by atoms with Gasteiger partial charge in [-0.2, -0.15) is 5.26 Å². The van der Waals surface area contributed by atoms with E-state index in [1.165, 1.54) is 12.1 Å². The molecular formula is C18H17FN2O. The molecule has 0 aliphatic carbocycles. The first-order valence-corrected chi connectivity index (χ1v) is 7.32. The van der Waals surface area contributed by atoms with Crippen LogP contribution in [0.1, 0.15) is 29.2 Å². The molecule has 2 aromatic rings. The van der Waals surface area contributed by atoms with Gasteiger partial charge in [-0.3, -0.25) is 4.90 Å². The fourth-order valence-electron chi connectivity index (χ4n) is 3.03. The number of likely N-dealkylation sites (tertiary alicyclic amines) is 1. The monoisotopic (exact) mass is 296 g/mol. The van der Waals surface area contributed by atoms with E-state index in [0.717, 1.165) is 11.1 Å². The van der Waals surface area contributed by atoms with E-state index in [1.54, 1.807) is 18.2 Å². The molecule has 1 aliphatic heterocycles. The summed E-state index contributed by atoms with van der Waals surface area (Å²) in [5.41, 5.74) is 2.60. The van der Waals surface area contributed by atoms with Gasteiger partial charge in [-0.15, -0.1) is 0 Å². The number of β-amino-alcohol motifs (C(OH)–C–C–N with tert-alkyl or cyclic N) is 1. The fraction of sp³-hybridized carbons (Fsp3) is 0.278. The van der Waals surface area contributed by atoms with E-state index in [4.69, 9.17) is 5.26 Å². The zero-order valence-electron chi connectivity index (χ0n) is 12.1. The van der Waals surface area contributed by atoms with E-state index in [1.807, 2.05) is 18.2 Å². The molecule has 2 aromatic carbocycles. The smallest absolute Gasteiger partial charge is 0.123 e. The Morgan fingerprint density at radius 2 is 2.00 bits per heavy atom. The number of aliphatic hydroxyl groups excluding tert-OH is 1. The van der Waals surface area contributed by atoms with Crippen molar-refractivity contribution in [2.45, 2.75) is 25.1 Å². The molecule has 1 heterocycles. The van der Waals surface area contributed by atoms with Crippen LogP contribution in [0.5, 0.6) is 0 Å². The van der Waals surface area contributed by atoms with Crippen LogP contribution >= 0.6 is 0 Å². The summed E-state index contributed by atoms with van der Waals surface area (Å²) >= 11 is 0. The molecule has 112 valence electrons. The Hall–Kier alpha value is -2.22. The first kappa shape index (κ1) is 14.7. The molecule has 0 bridgehead atoms. The van der Waals surface area contributed by atoms with Crippen LogP contribution in [-0.2, 0) is 6.54 Å². The number of hydrogen-bond acceptors (Lipinski definition) is 3. The number of rotatable bonds is 3. The summed E-state index contributed by atoms with van der Waals surface area (Å²) in [5, 5.41) is 18.8. The van der Waals surface area contributed by atoms with E-state index in [2.05, 4.69) is 11.0 Å². The highest BCUT2D eigenvalue weighted by atomic mass is 19.1. The molecule has 3 rings (SSSR count). The van der Waals surface area contributed by atoms with Crippen LogP contribution in [0.25, 0.3) is 0 Å². The first-order chi connectivity index (χ1) is 10.7. The van der Waals surface area contributed by atoms with Crippen molar-refractivity contribution in [2.75, 3.05) is 6.54 Å². The number of nitriles is 1. The van der Waals surface area contributed by atoms with Gasteiger partial charge in [0, 0.05) is 19.1 Å². The third kappa shape index (κ3) is 3.16. The summed E-state index contributed by atoms with van der Waals surface area (Å²) < 4.78 is 13.4. The lowest BCUT2D eigenvalue weighted by Gasteiger charge is -2.24. The van der Waals surface area contributed by atoms with E-state index in [0.29, 0.717) is 25.1 Å². The van der Waals surface area contributed by atoms with Crippen LogP contribution in [-0.4, -0.2) is 22.7 Å². The highest BCUT2D eigenvalue weighted by Gasteiger charge is 2.32. The van der Waals surface area contributed by atoms with Gasteiger partial charge in [0.15, 0.2) is 0 Å². The number of aliphatic hydroxyl groups is 1. The Morgan fingerprint density at radius 3 is 2.68 bits per heavy atom. The molecule has 3 nitrogen and oxygen atoms in total. The molecule has 0 spiro atoms. The molecule has 1 N–H and O–H groups in total. The molecular weight excluding hydrogens is 279 g/mol. The van der Waals surface area contributed by atoms with Crippen LogP contribution in [0.2, 0.25) is 0 Å². The van der Waals surface area contributed by atoms with Crippen LogP contribution in [0.15, 0.2) is 48.5 Å². The van der Waals surface area contributed by atoms with Crippen molar-refractivity contribution < 1.29 is 9.50 Å². The molecule has 0 unspecified atom stereocenters. The third-order valence-electron chi connectivity index (χ3n) is 4.08. The summed E-state index contributed by atoms with van der Waals surface area (Å²) in [6.45, 7) is 1.24. The molecule has 22 heavy (non-hydrogen) atoms. The van der Waals surface area contributed by atoms with Gasteiger partial charge in [-0.1, -0.05) is 24.3 Å². The minimum absolute atomic E-state index is 0.0151. The van der Waals surface area contributed by atoms with Gasteiger partial charge in [0.1, 0.15) is 5.82 Å². The molecule has 4 heteroatoms. The zero-order valence-corrected chi connectivity index (χ0v) is 12.1. The van der Waals surface area contributed by atoms with Crippen molar-refractivity contribution in [1.29, 1.82) is 5.26 Å². The first-order valence-electron chi connectivity index (χ1n) is 7.32. The number of benzene rings is 2. The Balaban J connectivity index is 1.80. The third-order valence-corrected chi connectivity index (χ3v) is 4.08. The van der Waals surface area contributed by atoms with Crippen LogP contribution < -0.4 is 0 Å². The van der Waals surface area contributed by atoms with Gasteiger partial charge in [0.05, 0.1) is 17.7 Å². The van der Waals surface area contributed by atoms with Gasteiger partial charge in [0.2, 0.25) is 0 Å². The quantitative estimate of drug-likeness (QED) is 0.947. The normalized spacial score (nSPS) is 21.7. The van der Waals surface area contributed by atoms with E-state index in [-0.39, 0.29) is 11.9 Å². The van der Waals surface area contributed by atoms with Crippen molar-refractivity contribution in [3.8, 4) is 6.07 Å². The van der Waals surface area contributed by atoms with Gasteiger partial charge in [0.25, 0.3) is 0 Å². The summed E-state index contributed by atoms with van der Waals surface area (Å²) in [4.78, 5) is 2.15. The lowest BCUT2D eigenvalue weighted by atomic mass is 10.0. The standard InChI is InChI=1S/C18H17FN2O/c19-16-3-1-2-15(8-16)18-9-17(22)12-21(18)11-14-6-4-13(10-20)5-7-14/h1-8,17-18,22H,9,11-12H2/t17-,18-/m1/s1. The molecule has 0 amide bonds. The second-order valence-corrected chi connectivity index (χ2v) is 5.70. The number of halogens is 1. The topological polar surface area (TPSA) is 47.3 Å². The lowest BCUT2D eigenvalue weighted by Crippen LogP contribution is -2.24.